The van der Waals surface area contributed by atoms with E-state index in [2.05, 4.69) is 111 Å². The van der Waals surface area contributed by atoms with Gasteiger partial charge in [-0.2, -0.15) is 0 Å². The van der Waals surface area contributed by atoms with Crippen molar-refractivity contribution in [3.63, 3.8) is 0 Å². The highest BCUT2D eigenvalue weighted by atomic mass is 15.3. The Kier molecular flexibility index (Phi) is 5.09. The second-order valence-corrected chi connectivity index (χ2v) is 9.72. The number of para-hydroxylation sites is 1. The van der Waals surface area contributed by atoms with Crippen LogP contribution in [0.1, 0.15) is 56.1 Å². The van der Waals surface area contributed by atoms with Gasteiger partial charge in [0.25, 0.3) is 0 Å². The summed E-state index contributed by atoms with van der Waals surface area (Å²) in [6.07, 6.45) is 4.58. The fraction of sp³-hybridized carbons (Fsp3) is 0.310. The van der Waals surface area contributed by atoms with Crippen molar-refractivity contribution in [2.45, 2.75) is 46.7 Å². The van der Waals surface area contributed by atoms with Crippen LogP contribution in [0.2, 0.25) is 0 Å². The van der Waals surface area contributed by atoms with Gasteiger partial charge in [0.15, 0.2) is 0 Å². The minimum Gasteiger partial charge on any atom is -0.365 e. The maximum absolute atomic E-state index is 3.73. The second-order valence-electron chi connectivity index (χ2n) is 9.72. The molecule has 0 bridgehead atoms. The smallest absolute Gasteiger partial charge is 0.130 e. The molecular formula is C29H32N2. The molecule has 0 fully saturated rings. The molecule has 31 heavy (non-hydrogen) atoms. The Morgan fingerprint density at radius 2 is 1.35 bits per heavy atom. The normalized spacial score (nSPS) is 16.6. The molecule has 0 aromatic heterocycles. The zero-order valence-corrected chi connectivity index (χ0v) is 19.0. The number of nitrogens with zero attached hydrogens (tertiary/aromatic N) is 1. The van der Waals surface area contributed by atoms with Gasteiger partial charge in [-0.05, 0) is 47.4 Å². The van der Waals surface area contributed by atoms with Gasteiger partial charge in [0.05, 0.1) is 11.4 Å². The van der Waals surface area contributed by atoms with Crippen molar-refractivity contribution in [3.05, 3.63) is 95.2 Å². The zero-order chi connectivity index (χ0) is 21.5. The van der Waals surface area contributed by atoms with Crippen LogP contribution in [-0.4, -0.2) is 0 Å². The van der Waals surface area contributed by atoms with Crippen molar-refractivity contribution in [1.82, 2.24) is 5.32 Å². The number of fused-ring (bicyclic) bond motifs is 6. The molecular weight excluding hydrogens is 376 g/mol. The predicted molar refractivity (Wildman–Crippen MR) is 132 cm³/mol. The molecule has 1 unspecified atom stereocenters. The van der Waals surface area contributed by atoms with Crippen molar-refractivity contribution >= 4 is 11.4 Å². The summed E-state index contributed by atoms with van der Waals surface area (Å²) >= 11 is 0. The summed E-state index contributed by atoms with van der Waals surface area (Å²) in [5.41, 5.74) is 10.9. The summed E-state index contributed by atoms with van der Waals surface area (Å²) in [6, 6.07) is 24.6. The lowest BCUT2D eigenvalue weighted by atomic mass is 9.87. The molecule has 3 aromatic rings. The average Bonchev–Trinajstić information content (AvgIpc) is 3.18. The van der Waals surface area contributed by atoms with Gasteiger partial charge in [-0.1, -0.05) is 88.4 Å². The fourth-order valence-corrected chi connectivity index (χ4v) is 5.23. The Labute approximate surface area is 186 Å². The van der Waals surface area contributed by atoms with Crippen molar-refractivity contribution in [3.8, 4) is 11.1 Å². The predicted octanol–water partition coefficient (Wildman–Crippen LogP) is 7.17. The van der Waals surface area contributed by atoms with Crippen molar-refractivity contribution < 1.29 is 0 Å². The van der Waals surface area contributed by atoms with E-state index in [1.807, 2.05) is 0 Å². The SMILES string of the molecule is CC(C)Cc1cccc(CC(C)C)c1C1=CNC2c3ccccc3-c3ccccc3N12. The van der Waals surface area contributed by atoms with Crippen molar-refractivity contribution in [1.29, 1.82) is 0 Å². The molecule has 0 saturated heterocycles. The quantitative estimate of drug-likeness (QED) is 0.481. The molecule has 0 spiro atoms. The Morgan fingerprint density at radius 3 is 2.03 bits per heavy atom. The molecule has 2 nitrogen and oxygen atoms in total. The summed E-state index contributed by atoms with van der Waals surface area (Å²) in [6.45, 7) is 9.26. The minimum atomic E-state index is 0.139. The molecule has 2 heteroatoms. The number of hydrogen-bond donors (Lipinski definition) is 1. The number of rotatable bonds is 5. The Bertz CT molecular complexity index is 1110. The Balaban J connectivity index is 1.69. The highest BCUT2D eigenvalue weighted by molar-refractivity contribution is 5.95. The van der Waals surface area contributed by atoms with Crippen LogP contribution in [0.25, 0.3) is 16.8 Å². The van der Waals surface area contributed by atoms with E-state index in [0.29, 0.717) is 11.8 Å². The van der Waals surface area contributed by atoms with Crippen LogP contribution in [0.5, 0.6) is 0 Å². The molecule has 158 valence electrons. The lowest BCUT2D eigenvalue weighted by molar-refractivity contribution is 0.632. The monoisotopic (exact) mass is 408 g/mol. The molecule has 0 amide bonds. The number of hydrogen-bond acceptors (Lipinski definition) is 2. The third-order valence-electron chi connectivity index (χ3n) is 6.35. The van der Waals surface area contributed by atoms with Crippen LogP contribution >= 0.6 is 0 Å². The molecule has 2 heterocycles. The van der Waals surface area contributed by atoms with Crippen LogP contribution in [0, 0.1) is 11.8 Å². The maximum Gasteiger partial charge on any atom is 0.130 e. The molecule has 1 N–H and O–H groups in total. The highest BCUT2D eigenvalue weighted by Gasteiger charge is 2.37. The molecule has 2 aliphatic rings. The van der Waals surface area contributed by atoms with Gasteiger partial charge in [0, 0.05) is 22.9 Å². The number of benzene rings is 3. The van der Waals surface area contributed by atoms with Crippen molar-refractivity contribution in [2.75, 3.05) is 4.90 Å². The highest BCUT2D eigenvalue weighted by Crippen LogP contribution is 2.50. The number of anilines is 1. The van der Waals surface area contributed by atoms with E-state index >= 15 is 0 Å². The first-order valence-corrected chi connectivity index (χ1v) is 11.6. The maximum atomic E-state index is 3.73. The van der Waals surface area contributed by atoms with Gasteiger partial charge in [0.1, 0.15) is 6.17 Å². The van der Waals surface area contributed by atoms with E-state index in [-0.39, 0.29) is 6.17 Å². The standard InChI is InChI=1S/C29H32N2/c1-19(2)16-21-10-9-11-22(17-20(3)4)28(21)27-18-30-29-25-14-6-5-12-23(25)24-13-7-8-15-26(24)31(27)29/h5-15,18-20,29-30H,16-17H2,1-4H3. The third kappa shape index (κ3) is 3.44. The Hall–Kier alpha value is -3.00. The van der Waals surface area contributed by atoms with E-state index in [0.717, 1.165) is 12.8 Å². The van der Waals surface area contributed by atoms with E-state index in [4.69, 9.17) is 0 Å². The molecule has 2 aliphatic heterocycles. The molecule has 3 aromatic carbocycles. The summed E-state index contributed by atoms with van der Waals surface area (Å²) in [4.78, 5) is 2.53. The van der Waals surface area contributed by atoms with Crippen LogP contribution in [0.4, 0.5) is 5.69 Å². The summed E-state index contributed by atoms with van der Waals surface area (Å²) < 4.78 is 0. The van der Waals surface area contributed by atoms with Crippen LogP contribution < -0.4 is 10.2 Å². The van der Waals surface area contributed by atoms with Gasteiger partial charge < -0.3 is 10.2 Å². The van der Waals surface area contributed by atoms with Gasteiger partial charge in [-0.15, -0.1) is 0 Å². The van der Waals surface area contributed by atoms with Gasteiger partial charge >= 0.3 is 0 Å². The van der Waals surface area contributed by atoms with Crippen molar-refractivity contribution in [2.24, 2.45) is 11.8 Å². The van der Waals surface area contributed by atoms with E-state index in [1.165, 1.54) is 44.8 Å². The number of nitrogens with one attached hydrogen (secondary N) is 1. The van der Waals surface area contributed by atoms with Crippen LogP contribution in [0.3, 0.4) is 0 Å². The minimum absolute atomic E-state index is 0.139. The largest absolute Gasteiger partial charge is 0.365 e. The molecule has 0 aliphatic carbocycles. The topological polar surface area (TPSA) is 15.3 Å². The lowest BCUT2D eigenvalue weighted by Crippen LogP contribution is -2.32. The molecule has 0 saturated carbocycles. The summed E-state index contributed by atoms with van der Waals surface area (Å²) in [7, 11) is 0. The second kappa shape index (κ2) is 7.92. The van der Waals surface area contributed by atoms with Gasteiger partial charge in [0.2, 0.25) is 0 Å². The van der Waals surface area contributed by atoms with Crippen LogP contribution in [-0.2, 0) is 12.8 Å². The fourth-order valence-electron chi connectivity index (χ4n) is 5.23. The van der Waals surface area contributed by atoms with Gasteiger partial charge in [-0.3, -0.25) is 0 Å². The molecule has 5 rings (SSSR count). The zero-order valence-electron chi connectivity index (χ0n) is 19.0. The van der Waals surface area contributed by atoms with Crippen LogP contribution in [0.15, 0.2) is 72.9 Å². The van der Waals surface area contributed by atoms with Gasteiger partial charge in [-0.25, -0.2) is 0 Å². The lowest BCUT2D eigenvalue weighted by Gasteiger charge is -2.37. The summed E-state index contributed by atoms with van der Waals surface area (Å²) in [5.74, 6) is 1.24. The first kappa shape index (κ1) is 19.9. The van der Waals surface area contributed by atoms with E-state index in [9.17, 15) is 0 Å². The van der Waals surface area contributed by atoms with E-state index in [1.54, 1.807) is 0 Å². The third-order valence-corrected chi connectivity index (χ3v) is 6.35. The average molecular weight is 409 g/mol. The Morgan fingerprint density at radius 1 is 0.742 bits per heavy atom. The molecule has 1 atom stereocenters. The summed E-state index contributed by atoms with van der Waals surface area (Å²) in [5, 5.41) is 3.73. The molecule has 0 radical (unpaired) electrons. The van der Waals surface area contributed by atoms with E-state index < -0.39 is 0 Å². The first-order chi connectivity index (χ1) is 15.0. The first-order valence-electron chi connectivity index (χ1n) is 11.6.